The first kappa shape index (κ1) is 17.0. The molecule has 1 saturated carbocycles. The summed E-state index contributed by atoms with van der Waals surface area (Å²) in [6.45, 7) is 3.53. The van der Waals surface area contributed by atoms with Crippen LogP contribution in [0.5, 0.6) is 0 Å². The van der Waals surface area contributed by atoms with Gasteiger partial charge < -0.3 is 10.1 Å². The highest BCUT2D eigenvalue weighted by atomic mass is 32.1. The summed E-state index contributed by atoms with van der Waals surface area (Å²) in [5.74, 6) is -0.670. The van der Waals surface area contributed by atoms with Crippen molar-refractivity contribution in [2.75, 3.05) is 0 Å². The number of esters is 1. The zero-order valence-corrected chi connectivity index (χ0v) is 15.1. The molecule has 0 spiro atoms. The fourth-order valence-electron chi connectivity index (χ4n) is 3.14. The van der Waals surface area contributed by atoms with Crippen molar-refractivity contribution in [2.24, 2.45) is 7.05 Å². The third kappa shape index (κ3) is 3.45. The SMILES string of the molecule is Cc1nn(C)c2sc(C(=O)O[C@H](C)C(=O)NC3CCCCC3)cc12. The van der Waals surface area contributed by atoms with Gasteiger partial charge in [-0.15, -0.1) is 11.3 Å². The zero-order chi connectivity index (χ0) is 17.3. The standard InChI is InChI=1S/C17H23N3O3S/c1-10-13-9-14(24-16(13)20(3)19-10)17(22)23-11(2)15(21)18-12-7-5-4-6-8-12/h9,11-12H,4-8H2,1-3H3,(H,18,21)/t11-/m1/s1. The lowest BCUT2D eigenvalue weighted by molar-refractivity contribution is -0.130. The highest BCUT2D eigenvalue weighted by Crippen LogP contribution is 2.28. The van der Waals surface area contributed by atoms with E-state index in [0.717, 1.165) is 41.6 Å². The molecule has 1 amide bonds. The molecule has 0 saturated heterocycles. The van der Waals surface area contributed by atoms with Crippen molar-refractivity contribution >= 4 is 33.4 Å². The van der Waals surface area contributed by atoms with E-state index in [9.17, 15) is 9.59 Å². The van der Waals surface area contributed by atoms with Crippen LogP contribution in [0.1, 0.15) is 54.4 Å². The van der Waals surface area contributed by atoms with Gasteiger partial charge in [-0.05, 0) is 32.8 Å². The van der Waals surface area contributed by atoms with Gasteiger partial charge in [-0.3, -0.25) is 9.48 Å². The van der Waals surface area contributed by atoms with Crippen LogP contribution in [0.25, 0.3) is 10.2 Å². The zero-order valence-electron chi connectivity index (χ0n) is 14.3. The molecule has 1 aliphatic carbocycles. The van der Waals surface area contributed by atoms with E-state index in [2.05, 4.69) is 10.4 Å². The smallest absolute Gasteiger partial charge is 0.349 e. The fourth-order valence-corrected chi connectivity index (χ4v) is 4.15. The average molecular weight is 349 g/mol. The molecule has 6 nitrogen and oxygen atoms in total. The van der Waals surface area contributed by atoms with E-state index in [0.29, 0.717) is 4.88 Å². The Balaban J connectivity index is 1.62. The molecule has 24 heavy (non-hydrogen) atoms. The topological polar surface area (TPSA) is 73.2 Å². The molecule has 0 bridgehead atoms. The maximum atomic E-state index is 12.3. The second kappa shape index (κ2) is 6.93. The van der Waals surface area contributed by atoms with Gasteiger partial charge in [-0.1, -0.05) is 19.3 Å². The van der Waals surface area contributed by atoms with Gasteiger partial charge in [0.25, 0.3) is 5.91 Å². The molecule has 7 heteroatoms. The van der Waals surface area contributed by atoms with Gasteiger partial charge in [-0.2, -0.15) is 5.10 Å². The number of nitrogens with zero attached hydrogens (tertiary/aromatic N) is 2. The lowest BCUT2D eigenvalue weighted by Crippen LogP contribution is -2.42. The minimum atomic E-state index is -0.788. The van der Waals surface area contributed by atoms with Crippen LogP contribution >= 0.6 is 11.3 Å². The number of amides is 1. The molecule has 130 valence electrons. The summed E-state index contributed by atoms with van der Waals surface area (Å²) in [6, 6.07) is 2.00. The average Bonchev–Trinajstić information content (AvgIpc) is 3.10. The number of carbonyl (C=O) groups is 2. The van der Waals surface area contributed by atoms with E-state index >= 15 is 0 Å². The number of rotatable bonds is 4. The number of aryl methyl sites for hydroxylation is 2. The van der Waals surface area contributed by atoms with Gasteiger partial charge in [0.2, 0.25) is 0 Å². The lowest BCUT2D eigenvalue weighted by Gasteiger charge is -2.24. The van der Waals surface area contributed by atoms with Crippen LogP contribution in [0, 0.1) is 6.92 Å². The fraction of sp³-hybridized carbons (Fsp3) is 0.588. The normalized spacial score (nSPS) is 17.0. The minimum Gasteiger partial charge on any atom is -0.448 e. The van der Waals surface area contributed by atoms with Gasteiger partial charge in [0, 0.05) is 18.5 Å². The molecule has 0 radical (unpaired) electrons. The van der Waals surface area contributed by atoms with Crippen molar-refractivity contribution in [1.29, 1.82) is 0 Å². The molecule has 1 fully saturated rings. The molecular weight excluding hydrogens is 326 g/mol. The molecule has 2 heterocycles. The molecular formula is C17H23N3O3S. The molecule has 1 aliphatic rings. The number of fused-ring (bicyclic) bond motifs is 1. The molecule has 2 aromatic rings. The Bertz CT molecular complexity index is 724. The van der Waals surface area contributed by atoms with Crippen molar-refractivity contribution in [3.8, 4) is 0 Å². The molecule has 0 unspecified atom stereocenters. The first-order valence-electron chi connectivity index (χ1n) is 8.40. The Morgan fingerprint density at radius 1 is 1.38 bits per heavy atom. The van der Waals surface area contributed by atoms with Crippen LogP contribution in [0.2, 0.25) is 0 Å². The number of thiophene rings is 1. The van der Waals surface area contributed by atoms with E-state index in [4.69, 9.17) is 4.74 Å². The van der Waals surface area contributed by atoms with E-state index in [1.165, 1.54) is 17.8 Å². The van der Waals surface area contributed by atoms with Gasteiger partial charge in [0.1, 0.15) is 9.71 Å². The predicted octanol–water partition coefficient (Wildman–Crippen LogP) is 2.94. The maximum Gasteiger partial charge on any atom is 0.349 e. The predicted molar refractivity (Wildman–Crippen MR) is 93.2 cm³/mol. The summed E-state index contributed by atoms with van der Waals surface area (Å²) in [6.07, 6.45) is 4.76. The monoisotopic (exact) mass is 349 g/mol. The Morgan fingerprint density at radius 2 is 2.08 bits per heavy atom. The minimum absolute atomic E-state index is 0.213. The summed E-state index contributed by atoms with van der Waals surface area (Å²) < 4.78 is 7.10. The van der Waals surface area contributed by atoms with E-state index in [1.54, 1.807) is 17.7 Å². The van der Waals surface area contributed by atoms with Crippen LogP contribution in [-0.4, -0.2) is 33.8 Å². The number of aromatic nitrogens is 2. The third-order valence-electron chi connectivity index (χ3n) is 4.50. The summed E-state index contributed by atoms with van der Waals surface area (Å²) in [4.78, 5) is 26.0. The Morgan fingerprint density at radius 3 is 2.75 bits per heavy atom. The van der Waals surface area contributed by atoms with Crippen LogP contribution in [-0.2, 0) is 16.6 Å². The van der Waals surface area contributed by atoms with Crippen LogP contribution in [0.3, 0.4) is 0 Å². The van der Waals surface area contributed by atoms with Crippen molar-refractivity contribution in [2.45, 2.75) is 58.1 Å². The first-order chi connectivity index (χ1) is 11.5. The number of ether oxygens (including phenoxy) is 1. The largest absolute Gasteiger partial charge is 0.448 e. The van der Waals surface area contributed by atoms with E-state index in [-0.39, 0.29) is 11.9 Å². The number of nitrogens with one attached hydrogen (secondary N) is 1. The molecule has 0 aromatic carbocycles. The quantitative estimate of drug-likeness (QED) is 0.861. The van der Waals surface area contributed by atoms with Crippen LogP contribution in [0.15, 0.2) is 6.07 Å². The third-order valence-corrected chi connectivity index (χ3v) is 5.68. The summed E-state index contributed by atoms with van der Waals surface area (Å²) in [5, 5.41) is 8.26. The maximum absolute atomic E-state index is 12.3. The summed E-state index contributed by atoms with van der Waals surface area (Å²) >= 11 is 1.34. The first-order valence-corrected chi connectivity index (χ1v) is 9.22. The van der Waals surface area contributed by atoms with Gasteiger partial charge >= 0.3 is 5.97 Å². The molecule has 1 atom stereocenters. The second-order valence-electron chi connectivity index (χ2n) is 6.43. The second-order valence-corrected chi connectivity index (χ2v) is 7.46. The van der Waals surface area contributed by atoms with E-state index < -0.39 is 12.1 Å². The molecule has 0 aliphatic heterocycles. The van der Waals surface area contributed by atoms with Crippen molar-refractivity contribution in [3.63, 3.8) is 0 Å². The van der Waals surface area contributed by atoms with Crippen molar-refractivity contribution < 1.29 is 14.3 Å². The van der Waals surface area contributed by atoms with Crippen LogP contribution in [0.4, 0.5) is 0 Å². The Hall–Kier alpha value is -1.89. The molecule has 2 aromatic heterocycles. The number of hydrogen-bond donors (Lipinski definition) is 1. The summed E-state index contributed by atoms with van der Waals surface area (Å²) in [5.41, 5.74) is 0.880. The van der Waals surface area contributed by atoms with E-state index in [1.807, 2.05) is 14.0 Å². The van der Waals surface area contributed by atoms with Crippen molar-refractivity contribution in [3.05, 3.63) is 16.6 Å². The van der Waals surface area contributed by atoms with Crippen LogP contribution < -0.4 is 5.32 Å². The number of hydrogen-bond acceptors (Lipinski definition) is 5. The lowest BCUT2D eigenvalue weighted by atomic mass is 9.95. The van der Waals surface area contributed by atoms with Gasteiger partial charge in [0.15, 0.2) is 6.10 Å². The molecule has 3 rings (SSSR count). The van der Waals surface area contributed by atoms with Crippen molar-refractivity contribution in [1.82, 2.24) is 15.1 Å². The van der Waals surface area contributed by atoms with Gasteiger partial charge in [0.05, 0.1) is 5.69 Å². The highest BCUT2D eigenvalue weighted by Gasteiger charge is 2.24. The summed E-state index contributed by atoms with van der Waals surface area (Å²) in [7, 11) is 1.85. The number of carbonyl (C=O) groups excluding carboxylic acids is 2. The Labute approximate surface area is 145 Å². The van der Waals surface area contributed by atoms with Gasteiger partial charge in [-0.25, -0.2) is 4.79 Å². The Kier molecular flexibility index (Phi) is 4.89. The highest BCUT2D eigenvalue weighted by molar-refractivity contribution is 7.20. The molecule has 1 N–H and O–H groups in total.